The molecule has 2 aliphatic rings. The van der Waals surface area contributed by atoms with Crippen LogP contribution in [0.4, 0.5) is 0 Å². The van der Waals surface area contributed by atoms with Gasteiger partial charge in [-0.2, -0.15) is 0 Å². The number of carboxylic acid groups (broad SMARTS) is 1. The van der Waals surface area contributed by atoms with Gasteiger partial charge in [0.2, 0.25) is 5.91 Å². The lowest BCUT2D eigenvalue weighted by molar-refractivity contribution is -0.144. The van der Waals surface area contributed by atoms with Crippen LogP contribution in [0.15, 0.2) is 24.3 Å². The average molecular weight is 359 g/mol. The number of amides is 1. The molecule has 0 aliphatic heterocycles. The fourth-order valence-corrected chi connectivity index (χ4v) is 4.68. The fourth-order valence-electron chi connectivity index (χ4n) is 4.68. The highest BCUT2D eigenvalue weighted by molar-refractivity contribution is 5.79. The van der Waals surface area contributed by atoms with Crippen LogP contribution in [0.5, 0.6) is 5.75 Å². The molecule has 0 radical (unpaired) electrons. The Morgan fingerprint density at radius 1 is 1.12 bits per heavy atom. The average Bonchev–Trinajstić information content (AvgIpc) is 3.16. The van der Waals surface area contributed by atoms with Crippen molar-refractivity contribution in [2.45, 2.75) is 56.8 Å². The Bertz CT molecular complexity index is 643. The lowest BCUT2D eigenvalue weighted by atomic mass is 9.77. The minimum Gasteiger partial charge on any atom is -0.496 e. The van der Waals surface area contributed by atoms with Crippen molar-refractivity contribution in [2.24, 2.45) is 11.8 Å². The number of ether oxygens (including phenoxy) is 1. The summed E-state index contributed by atoms with van der Waals surface area (Å²) in [5.74, 6) is -0.0962. The van der Waals surface area contributed by atoms with E-state index in [2.05, 4.69) is 11.4 Å². The summed E-state index contributed by atoms with van der Waals surface area (Å²) < 4.78 is 5.57. The van der Waals surface area contributed by atoms with Gasteiger partial charge in [-0.15, -0.1) is 0 Å². The predicted molar refractivity (Wildman–Crippen MR) is 99.2 cm³/mol. The van der Waals surface area contributed by atoms with Crippen LogP contribution in [0.25, 0.3) is 0 Å². The smallest absolute Gasteiger partial charge is 0.306 e. The fraction of sp³-hybridized carbons (Fsp3) is 0.619. The van der Waals surface area contributed by atoms with Gasteiger partial charge >= 0.3 is 5.97 Å². The zero-order chi connectivity index (χ0) is 18.6. The second-order valence-corrected chi connectivity index (χ2v) is 7.79. The van der Waals surface area contributed by atoms with Crippen molar-refractivity contribution in [3.63, 3.8) is 0 Å². The van der Waals surface area contributed by atoms with E-state index in [4.69, 9.17) is 9.84 Å². The number of hydrogen-bond acceptors (Lipinski definition) is 3. The molecule has 5 heteroatoms. The van der Waals surface area contributed by atoms with Gasteiger partial charge < -0.3 is 15.2 Å². The number of carboxylic acids is 1. The third-order valence-electron chi connectivity index (χ3n) is 6.29. The van der Waals surface area contributed by atoms with Crippen molar-refractivity contribution in [2.75, 3.05) is 13.7 Å². The van der Waals surface area contributed by atoms with Crippen molar-refractivity contribution in [3.05, 3.63) is 29.8 Å². The largest absolute Gasteiger partial charge is 0.496 e. The van der Waals surface area contributed by atoms with E-state index >= 15 is 0 Å². The topological polar surface area (TPSA) is 75.6 Å². The molecule has 2 saturated carbocycles. The van der Waals surface area contributed by atoms with Gasteiger partial charge in [0.1, 0.15) is 5.75 Å². The third-order valence-corrected chi connectivity index (χ3v) is 6.29. The number of benzene rings is 1. The highest BCUT2D eigenvalue weighted by Gasteiger charge is 2.39. The van der Waals surface area contributed by atoms with Gasteiger partial charge in [-0.1, -0.05) is 31.0 Å². The number of carbonyl (C=O) groups is 2. The molecular weight excluding hydrogens is 330 g/mol. The number of para-hydroxylation sites is 1. The zero-order valence-corrected chi connectivity index (χ0v) is 15.5. The number of aliphatic carboxylic acids is 1. The molecular formula is C21H29NO4. The lowest BCUT2D eigenvalue weighted by Crippen LogP contribution is -2.42. The number of nitrogens with one attached hydrogen (secondary N) is 1. The van der Waals surface area contributed by atoms with Gasteiger partial charge in [0, 0.05) is 23.4 Å². The van der Waals surface area contributed by atoms with Crippen LogP contribution in [-0.2, 0) is 15.0 Å². The molecule has 2 aliphatic carbocycles. The Balaban J connectivity index is 1.64. The van der Waals surface area contributed by atoms with Gasteiger partial charge in [-0.3, -0.25) is 9.59 Å². The summed E-state index contributed by atoms with van der Waals surface area (Å²) in [4.78, 5) is 23.7. The van der Waals surface area contributed by atoms with Crippen LogP contribution in [-0.4, -0.2) is 30.6 Å². The van der Waals surface area contributed by atoms with Crippen LogP contribution < -0.4 is 10.1 Å². The van der Waals surface area contributed by atoms with Crippen LogP contribution in [0.2, 0.25) is 0 Å². The number of rotatable bonds is 6. The molecule has 0 unspecified atom stereocenters. The summed E-state index contributed by atoms with van der Waals surface area (Å²) in [6.07, 6.45) is 6.99. The number of hydrogen-bond donors (Lipinski definition) is 2. The van der Waals surface area contributed by atoms with Gasteiger partial charge in [-0.05, 0) is 44.6 Å². The molecule has 0 saturated heterocycles. The quantitative estimate of drug-likeness (QED) is 0.815. The van der Waals surface area contributed by atoms with Crippen LogP contribution in [0, 0.1) is 11.8 Å². The Morgan fingerprint density at radius 3 is 2.35 bits per heavy atom. The minimum atomic E-state index is -0.732. The first kappa shape index (κ1) is 18.7. The standard InChI is InChI=1S/C21H29NO4/c1-26-18-7-3-2-6-17(18)21(12-4-5-13-21)14-22-19(23)15-8-10-16(11-9-15)20(24)25/h2-3,6-7,15-16H,4-5,8-14H2,1H3,(H,22,23)(H,24,25). The maximum Gasteiger partial charge on any atom is 0.306 e. The maximum absolute atomic E-state index is 12.7. The Morgan fingerprint density at radius 2 is 1.73 bits per heavy atom. The maximum atomic E-state index is 12.7. The normalized spacial score (nSPS) is 24.8. The first-order valence-corrected chi connectivity index (χ1v) is 9.70. The van der Waals surface area contributed by atoms with Gasteiger partial charge in [0.25, 0.3) is 0 Å². The second-order valence-electron chi connectivity index (χ2n) is 7.79. The van der Waals surface area contributed by atoms with E-state index in [1.807, 2.05) is 18.2 Å². The molecule has 26 heavy (non-hydrogen) atoms. The molecule has 0 bridgehead atoms. The number of methoxy groups -OCH3 is 1. The highest BCUT2D eigenvalue weighted by atomic mass is 16.5. The summed E-state index contributed by atoms with van der Waals surface area (Å²) in [5, 5.41) is 12.3. The lowest BCUT2D eigenvalue weighted by Gasteiger charge is -2.33. The van der Waals surface area contributed by atoms with E-state index in [1.165, 1.54) is 5.56 Å². The Hall–Kier alpha value is -2.04. The predicted octanol–water partition coefficient (Wildman–Crippen LogP) is 3.51. The molecule has 2 N–H and O–H groups in total. The first-order valence-electron chi connectivity index (χ1n) is 9.70. The molecule has 0 heterocycles. The van der Waals surface area contributed by atoms with Crippen LogP contribution in [0.3, 0.4) is 0 Å². The van der Waals surface area contributed by atoms with Crippen molar-refractivity contribution >= 4 is 11.9 Å². The summed E-state index contributed by atoms with van der Waals surface area (Å²) in [6, 6.07) is 8.12. The molecule has 0 aromatic heterocycles. The summed E-state index contributed by atoms with van der Waals surface area (Å²) in [5.41, 5.74) is 1.13. The van der Waals surface area contributed by atoms with Crippen molar-refractivity contribution in [1.82, 2.24) is 5.32 Å². The summed E-state index contributed by atoms with van der Waals surface area (Å²) in [7, 11) is 1.70. The zero-order valence-electron chi connectivity index (χ0n) is 15.5. The monoisotopic (exact) mass is 359 g/mol. The van der Waals surface area contributed by atoms with E-state index in [0.717, 1.165) is 31.4 Å². The van der Waals surface area contributed by atoms with Crippen molar-refractivity contribution in [1.29, 1.82) is 0 Å². The molecule has 1 aromatic carbocycles. The second kappa shape index (κ2) is 8.11. The van der Waals surface area contributed by atoms with Crippen molar-refractivity contribution in [3.8, 4) is 5.75 Å². The Labute approximate surface area is 155 Å². The SMILES string of the molecule is COc1ccccc1C1(CNC(=O)C2CCC(C(=O)O)CC2)CCCC1. The summed E-state index contributed by atoms with van der Waals surface area (Å²) in [6.45, 7) is 0.630. The molecule has 0 spiro atoms. The molecule has 1 amide bonds. The molecule has 5 nitrogen and oxygen atoms in total. The molecule has 142 valence electrons. The Kier molecular flexibility index (Phi) is 5.84. The first-order chi connectivity index (χ1) is 12.6. The van der Waals surface area contributed by atoms with E-state index in [1.54, 1.807) is 7.11 Å². The van der Waals surface area contributed by atoms with E-state index in [0.29, 0.717) is 32.2 Å². The van der Waals surface area contributed by atoms with Gasteiger partial charge in [0.15, 0.2) is 0 Å². The summed E-state index contributed by atoms with van der Waals surface area (Å²) >= 11 is 0. The van der Waals surface area contributed by atoms with Gasteiger partial charge in [0.05, 0.1) is 13.0 Å². The molecule has 1 aromatic rings. The molecule has 0 atom stereocenters. The van der Waals surface area contributed by atoms with Crippen molar-refractivity contribution < 1.29 is 19.4 Å². The highest BCUT2D eigenvalue weighted by Crippen LogP contribution is 2.44. The van der Waals surface area contributed by atoms with E-state index < -0.39 is 5.97 Å². The van der Waals surface area contributed by atoms with E-state index in [9.17, 15) is 9.59 Å². The van der Waals surface area contributed by atoms with Gasteiger partial charge in [-0.25, -0.2) is 0 Å². The number of carbonyl (C=O) groups excluding carboxylic acids is 1. The molecule has 2 fully saturated rings. The van der Waals surface area contributed by atoms with E-state index in [-0.39, 0.29) is 23.2 Å². The van der Waals surface area contributed by atoms with Crippen LogP contribution >= 0.6 is 0 Å². The molecule has 3 rings (SSSR count). The third kappa shape index (κ3) is 3.87. The minimum absolute atomic E-state index is 0.0540. The van der Waals surface area contributed by atoms with Crippen LogP contribution in [0.1, 0.15) is 56.9 Å².